The average molecular weight is 468 g/mol. The van der Waals surface area contributed by atoms with Crippen LogP contribution in [0.1, 0.15) is 30.5 Å². The van der Waals surface area contributed by atoms with Crippen molar-refractivity contribution in [2.75, 3.05) is 6.54 Å². The SMILES string of the molecule is FC12CC(CNCc3cc4ccc(Cn5cnc(-c6cncc(-n7cccc7)c6)n5)cc4[nH]3)(C1)C2. The quantitative estimate of drug-likeness (QED) is 0.349. The van der Waals surface area contributed by atoms with Crippen molar-refractivity contribution in [3.8, 4) is 17.1 Å². The van der Waals surface area contributed by atoms with E-state index in [1.165, 1.54) is 5.39 Å². The third kappa shape index (κ3) is 3.74. The fourth-order valence-electron chi connectivity index (χ4n) is 5.83. The summed E-state index contributed by atoms with van der Waals surface area (Å²) in [4.78, 5) is 12.4. The number of nitrogens with zero attached hydrogens (tertiary/aromatic N) is 5. The van der Waals surface area contributed by atoms with Crippen molar-refractivity contribution in [3.63, 3.8) is 0 Å². The van der Waals surface area contributed by atoms with E-state index in [-0.39, 0.29) is 5.41 Å². The number of nitrogens with one attached hydrogen (secondary N) is 2. The third-order valence-corrected chi connectivity index (χ3v) is 7.40. The molecule has 3 aliphatic carbocycles. The number of aromatic amines is 1. The van der Waals surface area contributed by atoms with Crippen molar-refractivity contribution >= 4 is 10.9 Å². The summed E-state index contributed by atoms with van der Waals surface area (Å²) in [6.45, 7) is 2.30. The molecule has 3 saturated carbocycles. The minimum atomic E-state index is -0.826. The van der Waals surface area contributed by atoms with Gasteiger partial charge in [0.25, 0.3) is 0 Å². The molecule has 176 valence electrons. The first-order valence-corrected chi connectivity index (χ1v) is 12.0. The Morgan fingerprint density at radius 1 is 1.06 bits per heavy atom. The van der Waals surface area contributed by atoms with E-state index >= 15 is 0 Å². The molecule has 0 amide bonds. The van der Waals surface area contributed by atoms with Gasteiger partial charge in [0.05, 0.1) is 18.4 Å². The van der Waals surface area contributed by atoms with Gasteiger partial charge in [-0.1, -0.05) is 12.1 Å². The molecule has 8 heteroatoms. The second kappa shape index (κ2) is 7.61. The van der Waals surface area contributed by atoms with Crippen LogP contribution in [0.5, 0.6) is 0 Å². The molecule has 5 aromatic rings. The lowest BCUT2D eigenvalue weighted by molar-refractivity contribution is -0.209. The Morgan fingerprint density at radius 3 is 2.74 bits per heavy atom. The average Bonchev–Trinajstić information content (AvgIpc) is 3.58. The Balaban J connectivity index is 1.02. The molecule has 2 N–H and O–H groups in total. The smallest absolute Gasteiger partial charge is 0.182 e. The summed E-state index contributed by atoms with van der Waals surface area (Å²) in [5, 5.41) is 9.38. The molecule has 3 fully saturated rings. The molecule has 0 spiro atoms. The number of hydrogen-bond donors (Lipinski definition) is 2. The van der Waals surface area contributed by atoms with Crippen LogP contribution in [0.25, 0.3) is 28.0 Å². The number of rotatable bonds is 8. The summed E-state index contributed by atoms with van der Waals surface area (Å²) in [6, 6.07) is 14.6. The van der Waals surface area contributed by atoms with Crippen LogP contribution in [0, 0.1) is 5.41 Å². The van der Waals surface area contributed by atoms with Gasteiger partial charge in [-0.25, -0.2) is 14.1 Å². The molecule has 4 heterocycles. The second-order valence-corrected chi connectivity index (χ2v) is 10.3. The third-order valence-electron chi connectivity index (χ3n) is 7.40. The largest absolute Gasteiger partial charge is 0.357 e. The van der Waals surface area contributed by atoms with Crippen molar-refractivity contribution in [3.05, 3.63) is 84.8 Å². The second-order valence-electron chi connectivity index (χ2n) is 10.3. The zero-order valence-electron chi connectivity index (χ0n) is 19.3. The van der Waals surface area contributed by atoms with E-state index in [1.54, 1.807) is 12.5 Å². The molecule has 0 atom stereocenters. The minimum absolute atomic E-state index is 0.226. The van der Waals surface area contributed by atoms with Crippen molar-refractivity contribution in [2.45, 2.75) is 38.0 Å². The molecule has 35 heavy (non-hydrogen) atoms. The van der Waals surface area contributed by atoms with Gasteiger partial charge in [-0.3, -0.25) is 4.98 Å². The Labute approximate surface area is 202 Å². The summed E-state index contributed by atoms with van der Waals surface area (Å²) in [5.74, 6) is 0.656. The fourth-order valence-corrected chi connectivity index (χ4v) is 5.83. The molecular formula is C27H26FN7. The maximum Gasteiger partial charge on any atom is 0.182 e. The molecule has 3 aliphatic rings. The maximum atomic E-state index is 13.7. The van der Waals surface area contributed by atoms with Gasteiger partial charge < -0.3 is 14.9 Å². The number of alkyl halides is 1. The van der Waals surface area contributed by atoms with Crippen LogP contribution in [0.15, 0.2) is 73.6 Å². The number of H-pyrrole nitrogens is 1. The van der Waals surface area contributed by atoms with E-state index in [0.717, 1.165) is 60.4 Å². The number of aromatic nitrogens is 6. The highest BCUT2D eigenvalue weighted by atomic mass is 19.1. The Kier molecular flexibility index (Phi) is 4.48. The highest BCUT2D eigenvalue weighted by Crippen LogP contribution is 2.69. The molecule has 0 unspecified atom stereocenters. The summed E-state index contributed by atoms with van der Waals surface area (Å²) in [6.07, 6.45) is 11.6. The Morgan fingerprint density at radius 2 is 1.91 bits per heavy atom. The van der Waals surface area contributed by atoms with Gasteiger partial charge in [-0.2, -0.15) is 5.10 Å². The van der Waals surface area contributed by atoms with Gasteiger partial charge in [0, 0.05) is 48.5 Å². The van der Waals surface area contributed by atoms with Crippen LogP contribution in [0.2, 0.25) is 0 Å². The lowest BCUT2D eigenvalue weighted by Gasteiger charge is -2.66. The molecular weight excluding hydrogens is 441 g/mol. The normalized spacial score (nSPS) is 22.8. The molecule has 0 radical (unpaired) electrons. The minimum Gasteiger partial charge on any atom is -0.357 e. The summed E-state index contributed by atoms with van der Waals surface area (Å²) in [7, 11) is 0. The van der Waals surface area contributed by atoms with E-state index in [1.807, 2.05) is 46.0 Å². The summed E-state index contributed by atoms with van der Waals surface area (Å²) < 4.78 is 17.6. The van der Waals surface area contributed by atoms with Gasteiger partial charge in [-0.05, 0) is 66.0 Å². The Bertz CT molecular complexity index is 1490. The van der Waals surface area contributed by atoms with Crippen molar-refractivity contribution in [2.24, 2.45) is 5.41 Å². The molecule has 0 saturated heterocycles. The van der Waals surface area contributed by atoms with Crippen LogP contribution in [0.4, 0.5) is 4.39 Å². The standard InChI is InChI=1S/C27H26FN7/c28-27-14-26(15-27,16-27)17-30-11-22-8-20-4-3-19(7-24(20)32-22)13-35-18-31-25(33-35)21-9-23(12-29-10-21)34-5-1-2-6-34/h1-10,12,18,30,32H,11,13-17H2. The molecule has 1 aromatic carbocycles. The highest BCUT2D eigenvalue weighted by molar-refractivity contribution is 5.81. The zero-order chi connectivity index (χ0) is 23.5. The predicted molar refractivity (Wildman–Crippen MR) is 132 cm³/mol. The molecule has 0 aliphatic heterocycles. The van der Waals surface area contributed by atoms with Crippen molar-refractivity contribution in [1.29, 1.82) is 0 Å². The van der Waals surface area contributed by atoms with Crippen molar-refractivity contribution < 1.29 is 4.39 Å². The van der Waals surface area contributed by atoms with Gasteiger partial charge in [0.15, 0.2) is 5.82 Å². The van der Waals surface area contributed by atoms with Crippen LogP contribution in [0.3, 0.4) is 0 Å². The number of fused-ring (bicyclic) bond motifs is 1. The van der Waals surface area contributed by atoms with E-state index in [0.29, 0.717) is 12.4 Å². The molecule has 4 aromatic heterocycles. The van der Waals surface area contributed by atoms with E-state index in [2.05, 4.69) is 49.6 Å². The van der Waals surface area contributed by atoms with Crippen LogP contribution in [-0.2, 0) is 13.1 Å². The van der Waals surface area contributed by atoms with E-state index < -0.39 is 5.67 Å². The Hall–Kier alpha value is -3.78. The molecule has 2 bridgehead atoms. The van der Waals surface area contributed by atoms with Gasteiger partial charge in [-0.15, -0.1) is 0 Å². The van der Waals surface area contributed by atoms with Gasteiger partial charge in [0.1, 0.15) is 12.0 Å². The lowest BCUT2D eigenvalue weighted by Crippen LogP contribution is -2.67. The number of hydrogen-bond acceptors (Lipinski definition) is 4. The van der Waals surface area contributed by atoms with Crippen molar-refractivity contribution in [1.82, 2.24) is 34.6 Å². The summed E-state index contributed by atoms with van der Waals surface area (Å²) >= 11 is 0. The molecule has 8 rings (SSSR count). The number of benzene rings is 1. The van der Waals surface area contributed by atoms with Gasteiger partial charge >= 0.3 is 0 Å². The monoisotopic (exact) mass is 467 g/mol. The van der Waals surface area contributed by atoms with Crippen LogP contribution < -0.4 is 5.32 Å². The summed E-state index contributed by atoms with van der Waals surface area (Å²) in [5.41, 5.74) is 4.66. The van der Waals surface area contributed by atoms with Gasteiger partial charge in [0.2, 0.25) is 0 Å². The van der Waals surface area contributed by atoms with E-state index in [9.17, 15) is 4.39 Å². The first kappa shape index (κ1) is 20.6. The number of pyridine rings is 1. The fraction of sp³-hybridized carbons (Fsp3) is 0.296. The lowest BCUT2D eigenvalue weighted by atomic mass is 9.42. The van der Waals surface area contributed by atoms with E-state index in [4.69, 9.17) is 0 Å². The zero-order valence-corrected chi connectivity index (χ0v) is 19.3. The van der Waals surface area contributed by atoms with Crippen LogP contribution >= 0.6 is 0 Å². The maximum absolute atomic E-state index is 13.7. The highest BCUT2D eigenvalue weighted by Gasteiger charge is 2.68. The number of halogens is 1. The first-order chi connectivity index (χ1) is 17.0. The molecule has 7 nitrogen and oxygen atoms in total. The topological polar surface area (TPSA) is 76.3 Å². The van der Waals surface area contributed by atoms with Crippen LogP contribution in [-0.4, -0.2) is 41.5 Å². The first-order valence-electron chi connectivity index (χ1n) is 12.0. The predicted octanol–water partition coefficient (Wildman–Crippen LogP) is 4.64.